The van der Waals surface area contributed by atoms with Gasteiger partial charge in [-0.15, -0.1) is 0 Å². The van der Waals surface area contributed by atoms with Crippen LogP contribution in [-0.4, -0.2) is 30.6 Å². The van der Waals surface area contributed by atoms with Gasteiger partial charge >= 0.3 is 17.9 Å². The highest BCUT2D eigenvalue weighted by Crippen LogP contribution is 2.28. The van der Waals surface area contributed by atoms with Crippen LogP contribution in [0.4, 0.5) is 8.78 Å². The first-order chi connectivity index (χ1) is 8.62. The molecule has 1 atom stereocenters. The third-order valence-electron chi connectivity index (χ3n) is 2.24. The van der Waals surface area contributed by atoms with Gasteiger partial charge in [-0.2, -0.15) is 8.78 Å². The standard InChI is InChI=1S/C13H20F2O4/c1-6-18-12(17)13(14,15)10(7-8(2)3)19-11(16)9(4)5/h8,10H,4,6-7H2,1-3,5H3. The lowest BCUT2D eigenvalue weighted by molar-refractivity contribution is -0.198. The van der Waals surface area contributed by atoms with Crippen molar-refractivity contribution in [3.05, 3.63) is 12.2 Å². The zero-order chi connectivity index (χ0) is 15.2. The molecule has 0 rings (SSSR count). The smallest absolute Gasteiger partial charge is 0.381 e. The van der Waals surface area contributed by atoms with Crippen molar-refractivity contribution < 1.29 is 27.8 Å². The summed E-state index contributed by atoms with van der Waals surface area (Å²) in [7, 11) is 0. The summed E-state index contributed by atoms with van der Waals surface area (Å²) in [6.07, 6.45) is -2.00. The quantitative estimate of drug-likeness (QED) is 0.531. The van der Waals surface area contributed by atoms with Crippen LogP contribution in [0.2, 0.25) is 0 Å². The molecule has 0 radical (unpaired) electrons. The number of alkyl halides is 2. The minimum atomic E-state index is -3.87. The Morgan fingerprint density at radius 2 is 1.84 bits per heavy atom. The summed E-state index contributed by atoms with van der Waals surface area (Å²) in [5.41, 5.74) is -0.00610. The van der Waals surface area contributed by atoms with Gasteiger partial charge in [-0.1, -0.05) is 20.4 Å². The molecule has 1 unspecified atom stereocenters. The van der Waals surface area contributed by atoms with E-state index >= 15 is 0 Å². The van der Waals surface area contributed by atoms with Gasteiger partial charge in [0.15, 0.2) is 6.10 Å². The molecule has 6 heteroatoms. The monoisotopic (exact) mass is 278 g/mol. The van der Waals surface area contributed by atoms with E-state index in [1.165, 1.54) is 13.8 Å². The predicted molar refractivity (Wildman–Crippen MR) is 65.7 cm³/mol. The van der Waals surface area contributed by atoms with Crippen molar-refractivity contribution in [3.8, 4) is 0 Å². The molecule has 0 aromatic carbocycles. The van der Waals surface area contributed by atoms with Crippen LogP contribution in [0.3, 0.4) is 0 Å². The number of ether oxygens (including phenoxy) is 2. The van der Waals surface area contributed by atoms with Crippen LogP contribution in [0, 0.1) is 5.92 Å². The number of esters is 2. The van der Waals surface area contributed by atoms with Gasteiger partial charge in [0.05, 0.1) is 6.61 Å². The molecule has 0 aliphatic heterocycles. The minimum absolute atomic E-state index is 0.00610. The molecule has 0 aromatic rings. The summed E-state index contributed by atoms with van der Waals surface area (Å²) < 4.78 is 36.7. The molecule has 0 aliphatic carbocycles. The van der Waals surface area contributed by atoms with Crippen LogP contribution in [0.5, 0.6) is 0 Å². The van der Waals surface area contributed by atoms with E-state index in [0.717, 1.165) is 0 Å². The summed E-state index contributed by atoms with van der Waals surface area (Å²) in [5.74, 6) is -6.68. The van der Waals surface area contributed by atoms with Crippen molar-refractivity contribution in [1.29, 1.82) is 0 Å². The van der Waals surface area contributed by atoms with E-state index in [1.807, 2.05) is 0 Å². The van der Waals surface area contributed by atoms with Crippen molar-refractivity contribution in [3.63, 3.8) is 0 Å². The van der Waals surface area contributed by atoms with Gasteiger partial charge in [0.1, 0.15) is 0 Å². The molecule has 0 saturated heterocycles. The molecular formula is C13H20F2O4. The van der Waals surface area contributed by atoms with Crippen LogP contribution < -0.4 is 0 Å². The van der Waals surface area contributed by atoms with Crippen molar-refractivity contribution in [2.24, 2.45) is 5.92 Å². The van der Waals surface area contributed by atoms with Crippen LogP contribution in [0.25, 0.3) is 0 Å². The molecular weight excluding hydrogens is 258 g/mol. The molecule has 110 valence electrons. The Morgan fingerprint density at radius 3 is 2.21 bits per heavy atom. The maximum absolute atomic E-state index is 13.9. The Bertz CT molecular complexity index is 351. The molecule has 0 bridgehead atoms. The molecule has 0 amide bonds. The fourth-order valence-corrected chi connectivity index (χ4v) is 1.29. The van der Waals surface area contributed by atoms with E-state index in [0.29, 0.717) is 0 Å². The first kappa shape index (κ1) is 17.5. The Kier molecular flexibility index (Phi) is 6.65. The first-order valence-corrected chi connectivity index (χ1v) is 6.04. The maximum atomic E-state index is 13.9. The van der Waals surface area contributed by atoms with E-state index in [4.69, 9.17) is 0 Å². The highest BCUT2D eigenvalue weighted by molar-refractivity contribution is 5.87. The highest BCUT2D eigenvalue weighted by atomic mass is 19.3. The minimum Gasteiger partial charge on any atom is -0.461 e. The summed E-state index contributed by atoms with van der Waals surface area (Å²) in [4.78, 5) is 22.6. The molecule has 0 heterocycles. The topological polar surface area (TPSA) is 52.6 Å². The summed E-state index contributed by atoms with van der Waals surface area (Å²) in [6.45, 7) is 9.28. The fourth-order valence-electron chi connectivity index (χ4n) is 1.29. The third-order valence-corrected chi connectivity index (χ3v) is 2.24. The third kappa shape index (κ3) is 5.36. The van der Waals surface area contributed by atoms with Crippen LogP contribution in [-0.2, 0) is 19.1 Å². The van der Waals surface area contributed by atoms with Crippen molar-refractivity contribution in [1.82, 2.24) is 0 Å². The SMILES string of the molecule is C=C(C)C(=O)OC(CC(C)C)C(F)(F)C(=O)OCC. The fraction of sp³-hybridized carbons (Fsp3) is 0.692. The van der Waals surface area contributed by atoms with Gasteiger partial charge in [-0.05, 0) is 26.2 Å². The van der Waals surface area contributed by atoms with Gasteiger partial charge in [0.2, 0.25) is 0 Å². The van der Waals surface area contributed by atoms with Crippen LogP contribution in [0.15, 0.2) is 12.2 Å². The molecule has 4 nitrogen and oxygen atoms in total. The Morgan fingerprint density at radius 1 is 1.32 bits per heavy atom. The second-order valence-electron chi connectivity index (χ2n) is 4.65. The zero-order valence-corrected chi connectivity index (χ0v) is 11.7. The molecule has 0 N–H and O–H groups in total. The van der Waals surface area contributed by atoms with E-state index in [-0.39, 0.29) is 24.5 Å². The molecule has 19 heavy (non-hydrogen) atoms. The Labute approximate surface area is 111 Å². The van der Waals surface area contributed by atoms with Crippen molar-refractivity contribution in [2.75, 3.05) is 6.61 Å². The largest absolute Gasteiger partial charge is 0.461 e. The number of rotatable bonds is 7. The Balaban J connectivity index is 5.06. The van der Waals surface area contributed by atoms with E-state index in [9.17, 15) is 18.4 Å². The number of carbonyl (C=O) groups excluding carboxylic acids is 2. The molecule has 0 spiro atoms. The summed E-state index contributed by atoms with van der Waals surface area (Å²) >= 11 is 0. The van der Waals surface area contributed by atoms with Gasteiger partial charge in [0.25, 0.3) is 0 Å². The molecule has 0 fully saturated rings. The summed E-state index contributed by atoms with van der Waals surface area (Å²) in [5, 5.41) is 0. The van der Waals surface area contributed by atoms with E-state index < -0.39 is 24.0 Å². The average Bonchev–Trinajstić information content (AvgIpc) is 2.27. The Hall–Kier alpha value is -1.46. The number of hydrogen-bond donors (Lipinski definition) is 0. The van der Waals surface area contributed by atoms with Gasteiger partial charge in [0, 0.05) is 5.57 Å². The average molecular weight is 278 g/mol. The molecule has 0 aromatic heterocycles. The normalized spacial score (nSPS) is 13.0. The lowest BCUT2D eigenvalue weighted by atomic mass is 10.0. The predicted octanol–water partition coefficient (Wildman–Crippen LogP) is 2.72. The van der Waals surface area contributed by atoms with Crippen LogP contribution in [0.1, 0.15) is 34.1 Å². The maximum Gasteiger partial charge on any atom is 0.381 e. The van der Waals surface area contributed by atoms with Gasteiger partial charge < -0.3 is 9.47 Å². The lowest BCUT2D eigenvalue weighted by Crippen LogP contribution is -2.46. The number of carbonyl (C=O) groups is 2. The van der Waals surface area contributed by atoms with Gasteiger partial charge in [-0.3, -0.25) is 0 Å². The second kappa shape index (κ2) is 7.21. The lowest BCUT2D eigenvalue weighted by Gasteiger charge is -2.26. The van der Waals surface area contributed by atoms with E-state index in [1.54, 1.807) is 13.8 Å². The van der Waals surface area contributed by atoms with Crippen LogP contribution >= 0.6 is 0 Å². The van der Waals surface area contributed by atoms with Crippen molar-refractivity contribution in [2.45, 2.75) is 46.1 Å². The van der Waals surface area contributed by atoms with E-state index in [2.05, 4.69) is 16.1 Å². The summed E-state index contributed by atoms with van der Waals surface area (Å²) in [6, 6.07) is 0. The molecule has 0 aliphatic rings. The van der Waals surface area contributed by atoms with Gasteiger partial charge in [-0.25, -0.2) is 9.59 Å². The number of halogens is 2. The molecule has 0 saturated carbocycles. The zero-order valence-electron chi connectivity index (χ0n) is 11.7. The number of hydrogen-bond acceptors (Lipinski definition) is 4. The first-order valence-electron chi connectivity index (χ1n) is 6.04. The second-order valence-corrected chi connectivity index (χ2v) is 4.65. The van der Waals surface area contributed by atoms with Crippen molar-refractivity contribution >= 4 is 11.9 Å². The highest BCUT2D eigenvalue weighted by Gasteiger charge is 2.51.